The second-order valence-corrected chi connectivity index (χ2v) is 5.64. The van der Waals surface area contributed by atoms with Crippen LogP contribution in [0.2, 0.25) is 0 Å². The van der Waals surface area contributed by atoms with E-state index in [2.05, 4.69) is 21.0 Å². The molecule has 7 heteroatoms. The standard InChI is InChI=1S/C13H12BrF2N3O/c14-9-4-5-10(15)8(12(9)16)7-19-13(20)18-6-2-1-3-11(18)17-19/h4-5H,1-3,6-7H2. The molecular weight excluding hydrogens is 332 g/mol. The lowest BCUT2D eigenvalue weighted by molar-refractivity contribution is 0.508. The number of halogens is 3. The van der Waals surface area contributed by atoms with E-state index in [1.165, 1.54) is 12.1 Å². The molecule has 1 aromatic heterocycles. The summed E-state index contributed by atoms with van der Waals surface area (Å²) in [6.07, 6.45) is 2.64. The number of aryl methyl sites for hydroxylation is 1. The van der Waals surface area contributed by atoms with Crippen LogP contribution in [0.3, 0.4) is 0 Å². The van der Waals surface area contributed by atoms with Gasteiger partial charge in [0.1, 0.15) is 17.5 Å². The molecule has 0 fully saturated rings. The van der Waals surface area contributed by atoms with Gasteiger partial charge in [0.05, 0.1) is 11.0 Å². The van der Waals surface area contributed by atoms with Gasteiger partial charge in [-0.25, -0.2) is 18.3 Å². The molecule has 106 valence electrons. The van der Waals surface area contributed by atoms with E-state index in [1.807, 2.05) is 0 Å². The van der Waals surface area contributed by atoms with E-state index < -0.39 is 11.6 Å². The Morgan fingerprint density at radius 3 is 2.85 bits per heavy atom. The first-order chi connectivity index (χ1) is 9.58. The smallest absolute Gasteiger partial charge is 0.279 e. The molecule has 0 bridgehead atoms. The van der Waals surface area contributed by atoms with Gasteiger partial charge in [0, 0.05) is 18.5 Å². The van der Waals surface area contributed by atoms with Gasteiger partial charge in [-0.05, 0) is 40.9 Å². The van der Waals surface area contributed by atoms with Gasteiger partial charge in [-0.15, -0.1) is 0 Å². The summed E-state index contributed by atoms with van der Waals surface area (Å²) in [5.74, 6) is -0.677. The van der Waals surface area contributed by atoms with E-state index in [0.29, 0.717) is 12.4 Å². The van der Waals surface area contributed by atoms with Crippen molar-refractivity contribution in [3.05, 3.63) is 50.1 Å². The lowest BCUT2D eigenvalue weighted by Crippen LogP contribution is -2.27. The number of rotatable bonds is 2. The maximum atomic E-state index is 13.9. The zero-order valence-electron chi connectivity index (χ0n) is 10.6. The molecule has 0 unspecified atom stereocenters. The van der Waals surface area contributed by atoms with E-state index in [4.69, 9.17) is 0 Å². The summed E-state index contributed by atoms with van der Waals surface area (Å²) >= 11 is 3.01. The van der Waals surface area contributed by atoms with Crippen molar-refractivity contribution in [1.29, 1.82) is 0 Å². The largest absolute Gasteiger partial charge is 0.346 e. The van der Waals surface area contributed by atoms with Crippen LogP contribution >= 0.6 is 15.9 Å². The van der Waals surface area contributed by atoms with Crippen LogP contribution in [0.4, 0.5) is 8.78 Å². The summed E-state index contributed by atoms with van der Waals surface area (Å²) in [7, 11) is 0. The van der Waals surface area contributed by atoms with Crippen LogP contribution < -0.4 is 5.69 Å². The summed E-state index contributed by atoms with van der Waals surface area (Å²) in [5.41, 5.74) is -0.463. The molecule has 3 rings (SSSR count). The number of hydrogen-bond donors (Lipinski definition) is 0. The highest BCUT2D eigenvalue weighted by Crippen LogP contribution is 2.22. The normalized spacial score (nSPS) is 14.3. The molecule has 0 amide bonds. The van der Waals surface area contributed by atoms with E-state index in [1.54, 1.807) is 4.57 Å². The number of fused-ring (bicyclic) bond motifs is 1. The first-order valence-electron chi connectivity index (χ1n) is 6.37. The minimum absolute atomic E-state index is 0.156. The highest BCUT2D eigenvalue weighted by atomic mass is 79.9. The Kier molecular flexibility index (Phi) is 3.45. The highest BCUT2D eigenvalue weighted by molar-refractivity contribution is 9.10. The second kappa shape index (κ2) is 5.12. The minimum atomic E-state index is -0.692. The Balaban J connectivity index is 2.02. The first-order valence-corrected chi connectivity index (χ1v) is 7.16. The van der Waals surface area contributed by atoms with Gasteiger partial charge in [-0.2, -0.15) is 5.10 Å². The monoisotopic (exact) mass is 343 g/mol. The predicted octanol–water partition coefficient (Wildman–Crippen LogP) is 2.47. The van der Waals surface area contributed by atoms with Gasteiger partial charge in [0.25, 0.3) is 0 Å². The van der Waals surface area contributed by atoms with Crippen molar-refractivity contribution in [2.75, 3.05) is 0 Å². The van der Waals surface area contributed by atoms with Gasteiger partial charge >= 0.3 is 5.69 Å². The van der Waals surface area contributed by atoms with Crippen LogP contribution in [0.1, 0.15) is 24.2 Å². The third-order valence-electron chi connectivity index (χ3n) is 3.48. The summed E-state index contributed by atoms with van der Waals surface area (Å²) in [4.78, 5) is 12.1. The van der Waals surface area contributed by atoms with Crippen LogP contribution in [0.5, 0.6) is 0 Å². The summed E-state index contributed by atoms with van der Waals surface area (Å²) in [5, 5.41) is 4.18. The molecule has 0 saturated carbocycles. The average Bonchev–Trinajstić information content (AvgIpc) is 2.76. The van der Waals surface area contributed by atoms with Gasteiger partial charge in [-0.1, -0.05) is 0 Å². The van der Waals surface area contributed by atoms with Crippen LogP contribution in [0.15, 0.2) is 21.4 Å². The molecule has 4 nitrogen and oxygen atoms in total. The zero-order chi connectivity index (χ0) is 14.3. The Morgan fingerprint density at radius 2 is 2.10 bits per heavy atom. The predicted molar refractivity (Wildman–Crippen MR) is 72.6 cm³/mol. The third-order valence-corrected chi connectivity index (χ3v) is 4.09. The van der Waals surface area contributed by atoms with Crippen LogP contribution in [0.25, 0.3) is 0 Å². The van der Waals surface area contributed by atoms with Crippen molar-refractivity contribution in [1.82, 2.24) is 14.3 Å². The first kappa shape index (κ1) is 13.5. The Morgan fingerprint density at radius 1 is 1.30 bits per heavy atom. The fraction of sp³-hybridized carbons (Fsp3) is 0.385. The fourth-order valence-corrected chi connectivity index (χ4v) is 2.79. The van der Waals surface area contributed by atoms with Crippen molar-refractivity contribution in [3.63, 3.8) is 0 Å². The van der Waals surface area contributed by atoms with E-state index in [-0.39, 0.29) is 22.3 Å². The third kappa shape index (κ3) is 2.19. The Labute approximate surface area is 122 Å². The van der Waals surface area contributed by atoms with E-state index in [9.17, 15) is 13.6 Å². The molecule has 1 aliphatic heterocycles. The van der Waals surface area contributed by atoms with Gasteiger partial charge in [0.2, 0.25) is 0 Å². The minimum Gasteiger partial charge on any atom is -0.279 e. The molecule has 2 heterocycles. The molecule has 2 aromatic rings. The van der Waals surface area contributed by atoms with Crippen molar-refractivity contribution in [2.24, 2.45) is 0 Å². The SMILES string of the molecule is O=c1n(Cc2c(F)ccc(Br)c2F)nc2n1CCCC2. The number of nitrogens with zero attached hydrogens (tertiary/aromatic N) is 3. The van der Waals surface area contributed by atoms with E-state index in [0.717, 1.165) is 23.9 Å². The van der Waals surface area contributed by atoms with Gasteiger partial charge in [0.15, 0.2) is 0 Å². The zero-order valence-corrected chi connectivity index (χ0v) is 12.2. The molecule has 0 atom stereocenters. The average molecular weight is 344 g/mol. The summed E-state index contributed by atoms with van der Waals surface area (Å²) < 4.78 is 30.5. The van der Waals surface area contributed by atoms with E-state index >= 15 is 0 Å². The maximum absolute atomic E-state index is 13.9. The molecule has 1 aliphatic rings. The maximum Gasteiger partial charge on any atom is 0.346 e. The fourth-order valence-electron chi connectivity index (χ4n) is 2.42. The summed E-state index contributed by atoms with van der Waals surface area (Å²) in [6, 6.07) is 2.47. The summed E-state index contributed by atoms with van der Waals surface area (Å²) in [6.45, 7) is 0.424. The van der Waals surface area contributed by atoms with Crippen LogP contribution in [-0.2, 0) is 19.5 Å². The van der Waals surface area contributed by atoms with Crippen molar-refractivity contribution in [3.8, 4) is 0 Å². The van der Waals surface area contributed by atoms with Crippen molar-refractivity contribution >= 4 is 15.9 Å². The molecule has 0 saturated heterocycles. The molecule has 0 spiro atoms. The Hall–Kier alpha value is -1.50. The molecule has 0 aliphatic carbocycles. The molecule has 0 radical (unpaired) electrons. The van der Waals surface area contributed by atoms with Gasteiger partial charge < -0.3 is 0 Å². The molecule has 20 heavy (non-hydrogen) atoms. The molecule has 0 N–H and O–H groups in total. The molecular formula is C13H12BrF2N3O. The lowest BCUT2D eigenvalue weighted by atomic mass is 10.2. The molecule has 1 aromatic carbocycles. The number of aromatic nitrogens is 3. The number of hydrogen-bond acceptors (Lipinski definition) is 2. The van der Waals surface area contributed by atoms with Gasteiger partial charge in [-0.3, -0.25) is 4.57 Å². The number of benzene rings is 1. The quantitative estimate of drug-likeness (QED) is 0.786. The lowest BCUT2D eigenvalue weighted by Gasteiger charge is -2.09. The van der Waals surface area contributed by atoms with Crippen molar-refractivity contribution in [2.45, 2.75) is 32.4 Å². The van der Waals surface area contributed by atoms with Crippen LogP contribution in [0, 0.1) is 11.6 Å². The highest BCUT2D eigenvalue weighted by Gasteiger charge is 2.19. The second-order valence-electron chi connectivity index (χ2n) is 4.79. The van der Waals surface area contributed by atoms with Crippen LogP contribution in [-0.4, -0.2) is 14.3 Å². The Bertz CT molecular complexity index is 723. The topological polar surface area (TPSA) is 39.8 Å². The van der Waals surface area contributed by atoms with Crippen molar-refractivity contribution < 1.29 is 8.78 Å².